The van der Waals surface area contributed by atoms with Gasteiger partial charge < -0.3 is 14.7 Å². The number of nitriles is 1. The van der Waals surface area contributed by atoms with E-state index in [-0.39, 0.29) is 17.1 Å². The summed E-state index contributed by atoms with van der Waals surface area (Å²) in [5.41, 5.74) is 1.78. The Morgan fingerprint density at radius 1 is 1.09 bits per heavy atom. The molecule has 3 rings (SSSR count). The molecule has 0 unspecified atom stereocenters. The van der Waals surface area contributed by atoms with Crippen LogP contribution in [-0.4, -0.2) is 71.6 Å². The zero-order valence-electron chi connectivity index (χ0n) is 18.8. The van der Waals surface area contributed by atoms with Gasteiger partial charge in [0.15, 0.2) is 0 Å². The topological polar surface area (TPSA) is 123 Å². The highest BCUT2D eigenvalue weighted by Gasteiger charge is 2.26. The number of benzene rings is 2. The first-order valence-electron chi connectivity index (χ1n) is 10.6. The van der Waals surface area contributed by atoms with Crippen LogP contribution in [0.2, 0.25) is 0 Å². The maximum atomic E-state index is 12.6. The van der Waals surface area contributed by atoms with Gasteiger partial charge in [0, 0.05) is 51.0 Å². The van der Waals surface area contributed by atoms with Crippen LogP contribution in [0.3, 0.4) is 0 Å². The molecule has 0 aliphatic carbocycles. The van der Waals surface area contributed by atoms with E-state index in [4.69, 9.17) is 5.26 Å². The summed E-state index contributed by atoms with van der Waals surface area (Å²) in [5.74, 6) is 0. The van der Waals surface area contributed by atoms with Crippen LogP contribution in [0.5, 0.6) is 0 Å². The van der Waals surface area contributed by atoms with Crippen LogP contribution in [-0.2, 0) is 10.0 Å². The molecule has 0 aromatic heterocycles. The van der Waals surface area contributed by atoms with Crippen LogP contribution < -0.4 is 14.5 Å². The predicted molar refractivity (Wildman–Crippen MR) is 127 cm³/mol. The Labute approximate surface area is 194 Å². The van der Waals surface area contributed by atoms with Gasteiger partial charge in [0.05, 0.1) is 21.5 Å². The molecule has 1 aliphatic heterocycles. The lowest BCUT2D eigenvalue weighted by molar-refractivity contribution is -0.384. The molecule has 1 heterocycles. The Balaban J connectivity index is 1.78. The summed E-state index contributed by atoms with van der Waals surface area (Å²) < 4.78 is 27.6. The molecule has 1 saturated heterocycles. The van der Waals surface area contributed by atoms with E-state index in [1.807, 2.05) is 36.0 Å². The lowest BCUT2D eigenvalue weighted by atomic mass is 10.2. The van der Waals surface area contributed by atoms with Crippen LogP contribution in [0, 0.1) is 21.4 Å². The molecule has 1 N–H and O–H groups in total. The third-order valence-corrected chi connectivity index (χ3v) is 6.96. The normalized spacial score (nSPS) is 14.7. The van der Waals surface area contributed by atoms with Crippen molar-refractivity contribution in [3.63, 3.8) is 0 Å². The summed E-state index contributed by atoms with van der Waals surface area (Å²) in [6, 6.07) is 13.5. The molecule has 10 nitrogen and oxygen atoms in total. The molecule has 0 amide bonds. The number of likely N-dealkylation sites (N-methyl/N-ethyl adjacent to an activating group) is 1. The van der Waals surface area contributed by atoms with E-state index in [9.17, 15) is 18.5 Å². The highest BCUT2D eigenvalue weighted by atomic mass is 32.2. The van der Waals surface area contributed by atoms with Crippen molar-refractivity contribution in [3.05, 3.63) is 58.1 Å². The number of nitro groups is 1. The summed E-state index contributed by atoms with van der Waals surface area (Å²) in [5, 5.41) is 20.8. The molecule has 1 fully saturated rings. The van der Waals surface area contributed by atoms with Crippen molar-refractivity contribution in [1.82, 2.24) is 9.62 Å². The lowest BCUT2D eigenvalue weighted by Gasteiger charge is -2.25. The van der Waals surface area contributed by atoms with E-state index in [1.165, 1.54) is 12.1 Å². The largest absolute Gasteiger partial charge is 0.370 e. The molecule has 1 aliphatic rings. The minimum absolute atomic E-state index is 0.120. The number of rotatable bonds is 8. The molecule has 2 aromatic carbocycles. The van der Waals surface area contributed by atoms with E-state index >= 15 is 0 Å². The number of hydrogen-bond donors (Lipinski definition) is 1. The first kappa shape index (κ1) is 24.4. The van der Waals surface area contributed by atoms with Gasteiger partial charge in [0.1, 0.15) is 5.69 Å². The highest BCUT2D eigenvalue weighted by Crippen LogP contribution is 2.32. The molecule has 0 radical (unpaired) electrons. The number of nitro benzene ring substituents is 1. The Morgan fingerprint density at radius 3 is 2.39 bits per heavy atom. The zero-order valence-corrected chi connectivity index (χ0v) is 19.6. The summed E-state index contributed by atoms with van der Waals surface area (Å²) >= 11 is 0. The monoisotopic (exact) mass is 472 g/mol. The van der Waals surface area contributed by atoms with E-state index in [2.05, 4.69) is 15.7 Å². The second-order valence-electron chi connectivity index (χ2n) is 8.10. The maximum Gasteiger partial charge on any atom is 0.293 e. The Morgan fingerprint density at radius 2 is 1.76 bits per heavy atom. The quantitative estimate of drug-likeness (QED) is 0.457. The molecule has 11 heteroatoms. The van der Waals surface area contributed by atoms with Crippen molar-refractivity contribution in [2.45, 2.75) is 11.3 Å². The molecule has 176 valence electrons. The SMILES string of the molecule is CN(C)CCNS(=O)(=O)c1ccc(N2CCCN(c3ccc(C#N)cc3)CC2)c([N+](=O)[O-])c1. The van der Waals surface area contributed by atoms with Gasteiger partial charge in [-0.05, 0) is 56.9 Å². The van der Waals surface area contributed by atoms with Crippen LogP contribution in [0.25, 0.3) is 0 Å². The van der Waals surface area contributed by atoms with Crippen molar-refractivity contribution in [2.75, 3.05) is 63.2 Å². The third-order valence-electron chi connectivity index (χ3n) is 5.50. The fourth-order valence-corrected chi connectivity index (χ4v) is 4.77. The van der Waals surface area contributed by atoms with E-state index in [0.717, 1.165) is 24.7 Å². The second-order valence-corrected chi connectivity index (χ2v) is 9.86. The van der Waals surface area contributed by atoms with Crippen LogP contribution in [0.1, 0.15) is 12.0 Å². The van der Waals surface area contributed by atoms with Gasteiger partial charge in [0.25, 0.3) is 5.69 Å². The molecule has 0 spiro atoms. The van der Waals surface area contributed by atoms with Gasteiger partial charge in [-0.15, -0.1) is 0 Å². The van der Waals surface area contributed by atoms with Crippen molar-refractivity contribution in [2.24, 2.45) is 0 Å². The van der Waals surface area contributed by atoms with Gasteiger partial charge in [-0.2, -0.15) is 5.26 Å². The van der Waals surface area contributed by atoms with E-state index in [0.29, 0.717) is 37.4 Å². The summed E-state index contributed by atoms with van der Waals surface area (Å²) in [6.45, 7) is 3.31. The number of anilines is 2. The van der Waals surface area contributed by atoms with Crippen LogP contribution in [0.4, 0.5) is 17.1 Å². The minimum atomic E-state index is -3.85. The molecule has 0 saturated carbocycles. The summed E-state index contributed by atoms with van der Waals surface area (Å²) in [7, 11) is -0.186. The smallest absolute Gasteiger partial charge is 0.293 e. The number of hydrogen-bond acceptors (Lipinski definition) is 8. The average molecular weight is 473 g/mol. The summed E-state index contributed by atoms with van der Waals surface area (Å²) in [4.78, 5) is 17.1. The van der Waals surface area contributed by atoms with Gasteiger partial charge in [-0.1, -0.05) is 0 Å². The van der Waals surface area contributed by atoms with Gasteiger partial charge in [-0.3, -0.25) is 10.1 Å². The molecule has 0 bridgehead atoms. The van der Waals surface area contributed by atoms with Crippen molar-refractivity contribution < 1.29 is 13.3 Å². The Kier molecular flexibility index (Phi) is 7.86. The van der Waals surface area contributed by atoms with E-state index in [1.54, 1.807) is 12.1 Å². The van der Waals surface area contributed by atoms with Crippen molar-refractivity contribution in [3.8, 4) is 6.07 Å². The van der Waals surface area contributed by atoms with Gasteiger partial charge in [-0.25, -0.2) is 13.1 Å². The Bertz CT molecular complexity index is 1130. The molecular formula is C22H28N6O4S. The third kappa shape index (κ3) is 6.19. The predicted octanol–water partition coefficient (Wildman–Crippen LogP) is 2.02. The van der Waals surface area contributed by atoms with Crippen LogP contribution >= 0.6 is 0 Å². The fourth-order valence-electron chi connectivity index (χ4n) is 3.73. The van der Waals surface area contributed by atoms with Gasteiger partial charge in [0.2, 0.25) is 10.0 Å². The van der Waals surface area contributed by atoms with Gasteiger partial charge >= 0.3 is 0 Å². The fraction of sp³-hybridized carbons (Fsp3) is 0.409. The first-order chi connectivity index (χ1) is 15.7. The average Bonchev–Trinajstić information content (AvgIpc) is 3.04. The summed E-state index contributed by atoms with van der Waals surface area (Å²) in [6.07, 6.45) is 0.781. The molecule has 33 heavy (non-hydrogen) atoms. The minimum Gasteiger partial charge on any atom is -0.370 e. The molecule has 0 atom stereocenters. The highest BCUT2D eigenvalue weighted by molar-refractivity contribution is 7.89. The molecular weight excluding hydrogens is 444 g/mol. The van der Waals surface area contributed by atoms with Crippen LogP contribution in [0.15, 0.2) is 47.4 Å². The van der Waals surface area contributed by atoms with Crippen molar-refractivity contribution in [1.29, 1.82) is 5.26 Å². The lowest BCUT2D eigenvalue weighted by Crippen LogP contribution is -2.32. The zero-order chi connectivity index (χ0) is 24.0. The number of nitrogens with one attached hydrogen (secondary N) is 1. The van der Waals surface area contributed by atoms with Crippen molar-refractivity contribution >= 4 is 27.1 Å². The number of sulfonamides is 1. The second kappa shape index (κ2) is 10.6. The standard InChI is InChI=1S/C22H28N6O4S/c1-25(2)13-10-24-33(31,32)20-8-9-21(22(16-20)28(29)30)27-12-3-11-26(14-15-27)19-6-4-18(17-23)5-7-19/h4-9,16,24H,3,10-15H2,1-2H3. The van der Waals surface area contributed by atoms with E-state index < -0.39 is 14.9 Å². The number of nitrogens with zero attached hydrogens (tertiary/aromatic N) is 5. The molecule has 2 aromatic rings. The first-order valence-corrected chi connectivity index (χ1v) is 12.1. The Hall–Kier alpha value is -3.20. The maximum absolute atomic E-state index is 12.6.